The Kier molecular flexibility index (Phi) is 6.93. The van der Waals surface area contributed by atoms with Gasteiger partial charge < -0.3 is 4.98 Å². The number of carbonyl (C=O) groups is 2. The van der Waals surface area contributed by atoms with E-state index < -0.39 is 0 Å². The van der Waals surface area contributed by atoms with E-state index in [-0.39, 0.29) is 24.1 Å². The first-order chi connectivity index (χ1) is 18.9. The predicted molar refractivity (Wildman–Crippen MR) is 154 cm³/mol. The number of para-hydroxylation sites is 1. The van der Waals surface area contributed by atoms with Gasteiger partial charge in [-0.15, -0.1) is 11.3 Å². The Bertz CT molecular complexity index is 1690. The Morgan fingerprint density at radius 2 is 1.95 bits per heavy atom. The van der Waals surface area contributed by atoms with Crippen LogP contribution in [0.25, 0.3) is 21.8 Å². The van der Waals surface area contributed by atoms with Crippen LogP contribution < -0.4 is 5.32 Å². The van der Waals surface area contributed by atoms with E-state index in [4.69, 9.17) is 4.98 Å². The van der Waals surface area contributed by atoms with Crippen LogP contribution in [0.15, 0.2) is 54.7 Å². The third-order valence-electron chi connectivity index (χ3n) is 7.10. The van der Waals surface area contributed by atoms with Gasteiger partial charge in [-0.3, -0.25) is 24.8 Å². The first kappa shape index (κ1) is 25.3. The van der Waals surface area contributed by atoms with Crippen LogP contribution >= 0.6 is 11.3 Å². The highest BCUT2D eigenvalue weighted by atomic mass is 32.1. The number of ketones is 1. The molecule has 39 heavy (non-hydrogen) atoms. The van der Waals surface area contributed by atoms with Gasteiger partial charge in [0.05, 0.1) is 17.6 Å². The number of aromatic nitrogens is 4. The molecule has 0 bridgehead atoms. The third-order valence-corrected chi connectivity index (χ3v) is 8.18. The van der Waals surface area contributed by atoms with Gasteiger partial charge in [0.1, 0.15) is 16.2 Å². The molecule has 0 aliphatic carbocycles. The van der Waals surface area contributed by atoms with Gasteiger partial charge >= 0.3 is 0 Å². The summed E-state index contributed by atoms with van der Waals surface area (Å²) in [6.07, 6.45) is 4.04. The van der Waals surface area contributed by atoms with Gasteiger partial charge in [0.25, 0.3) is 5.91 Å². The van der Waals surface area contributed by atoms with Crippen LogP contribution in [0.3, 0.4) is 0 Å². The molecule has 0 spiro atoms. The quantitative estimate of drug-likeness (QED) is 0.248. The number of H-pyrrole nitrogens is 1. The number of imidazole rings is 1. The van der Waals surface area contributed by atoms with Gasteiger partial charge in [0.15, 0.2) is 5.78 Å². The molecule has 8 nitrogen and oxygen atoms in total. The number of nitrogens with one attached hydrogen (secondary N) is 2. The Balaban J connectivity index is 1.17. The molecule has 9 heteroatoms. The fourth-order valence-corrected chi connectivity index (χ4v) is 6.09. The Morgan fingerprint density at radius 1 is 1.10 bits per heavy atom. The summed E-state index contributed by atoms with van der Waals surface area (Å²) < 4.78 is 0. The molecule has 2 aromatic carbocycles. The van der Waals surface area contributed by atoms with E-state index in [1.807, 2.05) is 36.4 Å². The molecule has 1 amide bonds. The molecule has 5 aromatic rings. The zero-order valence-corrected chi connectivity index (χ0v) is 22.8. The number of aromatic amines is 1. The van der Waals surface area contributed by atoms with E-state index in [2.05, 4.69) is 39.0 Å². The summed E-state index contributed by atoms with van der Waals surface area (Å²) in [6.45, 7) is 7.54. The summed E-state index contributed by atoms with van der Waals surface area (Å²) in [4.78, 5) is 46.8. The molecule has 1 aliphatic rings. The standard InChI is InChI=1S/C30H30N6O2S/c1-18(2)10-12-36-13-11-22-26(17-36)39-27(32-22)15-25(37)21-8-5-9-23-28(21)34-30(33-23)35-29(38)24-14-19-6-3-4-7-20(19)16-31-24/h3-9,14,16,18H,10-13,15,17H2,1-2H3,(H2,33,34,35,38). The molecule has 198 valence electrons. The van der Waals surface area contributed by atoms with Crippen molar-refractivity contribution in [2.75, 3.05) is 18.4 Å². The van der Waals surface area contributed by atoms with Crippen molar-refractivity contribution in [3.63, 3.8) is 0 Å². The van der Waals surface area contributed by atoms with E-state index in [9.17, 15) is 9.59 Å². The summed E-state index contributed by atoms with van der Waals surface area (Å²) in [5.74, 6) is 0.554. The van der Waals surface area contributed by atoms with E-state index in [0.717, 1.165) is 47.5 Å². The first-order valence-electron chi connectivity index (χ1n) is 13.3. The number of pyridine rings is 1. The number of rotatable bonds is 8. The van der Waals surface area contributed by atoms with Gasteiger partial charge in [0.2, 0.25) is 5.95 Å². The second-order valence-corrected chi connectivity index (χ2v) is 11.6. The zero-order chi connectivity index (χ0) is 26.9. The number of fused-ring (bicyclic) bond motifs is 3. The summed E-state index contributed by atoms with van der Waals surface area (Å²) in [5, 5.41) is 5.53. The smallest absolute Gasteiger partial charge is 0.276 e. The summed E-state index contributed by atoms with van der Waals surface area (Å²) in [5.41, 5.74) is 3.15. The van der Waals surface area contributed by atoms with Crippen molar-refractivity contribution in [2.24, 2.45) is 5.92 Å². The Morgan fingerprint density at radius 3 is 2.79 bits per heavy atom. The molecule has 0 saturated carbocycles. The molecule has 0 atom stereocenters. The fraction of sp³-hybridized carbons (Fsp3) is 0.300. The van der Waals surface area contributed by atoms with Crippen molar-refractivity contribution in [2.45, 2.75) is 39.7 Å². The van der Waals surface area contributed by atoms with Gasteiger partial charge in [-0.25, -0.2) is 9.97 Å². The number of benzene rings is 2. The van der Waals surface area contributed by atoms with Crippen molar-refractivity contribution in [1.29, 1.82) is 0 Å². The summed E-state index contributed by atoms with van der Waals surface area (Å²) >= 11 is 1.65. The average Bonchev–Trinajstić information content (AvgIpc) is 3.53. The van der Waals surface area contributed by atoms with Gasteiger partial charge in [-0.2, -0.15) is 0 Å². The van der Waals surface area contributed by atoms with Gasteiger partial charge in [0, 0.05) is 41.5 Å². The van der Waals surface area contributed by atoms with Crippen LogP contribution in [0.2, 0.25) is 0 Å². The van der Waals surface area contributed by atoms with E-state index in [0.29, 0.717) is 28.2 Å². The molecule has 3 aromatic heterocycles. The molecular formula is C30H30N6O2S. The second kappa shape index (κ2) is 10.7. The molecule has 2 N–H and O–H groups in total. The van der Waals surface area contributed by atoms with Crippen molar-refractivity contribution < 1.29 is 9.59 Å². The maximum Gasteiger partial charge on any atom is 0.276 e. The second-order valence-electron chi connectivity index (χ2n) is 10.4. The largest absolute Gasteiger partial charge is 0.324 e. The monoisotopic (exact) mass is 538 g/mol. The number of amides is 1. The van der Waals surface area contributed by atoms with Crippen LogP contribution in [0.4, 0.5) is 5.95 Å². The molecule has 0 radical (unpaired) electrons. The zero-order valence-electron chi connectivity index (χ0n) is 22.0. The van der Waals surface area contributed by atoms with Gasteiger partial charge in [-0.1, -0.05) is 44.2 Å². The predicted octanol–water partition coefficient (Wildman–Crippen LogP) is 5.65. The molecule has 0 saturated heterocycles. The van der Waals surface area contributed by atoms with E-state index in [1.54, 1.807) is 29.7 Å². The lowest BCUT2D eigenvalue weighted by molar-refractivity contribution is 0.0992. The number of anilines is 1. The van der Waals surface area contributed by atoms with Crippen LogP contribution in [0.1, 0.15) is 56.7 Å². The van der Waals surface area contributed by atoms with Crippen molar-refractivity contribution >= 4 is 50.8 Å². The molecule has 1 aliphatic heterocycles. The fourth-order valence-electron chi connectivity index (χ4n) is 4.94. The van der Waals surface area contributed by atoms with Crippen molar-refractivity contribution in [3.05, 3.63) is 81.6 Å². The summed E-state index contributed by atoms with van der Waals surface area (Å²) in [7, 11) is 0. The van der Waals surface area contributed by atoms with E-state index >= 15 is 0 Å². The van der Waals surface area contributed by atoms with Crippen LogP contribution in [0, 0.1) is 5.92 Å². The number of Topliss-reactive ketones (excluding diaryl/α,β-unsaturated/α-hetero) is 1. The van der Waals surface area contributed by atoms with Crippen molar-refractivity contribution in [1.82, 2.24) is 24.8 Å². The van der Waals surface area contributed by atoms with Crippen LogP contribution in [-0.4, -0.2) is 49.6 Å². The average molecular weight is 539 g/mol. The minimum atomic E-state index is -0.372. The lowest BCUT2D eigenvalue weighted by atomic mass is 10.1. The van der Waals surface area contributed by atoms with Gasteiger partial charge in [-0.05, 0) is 42.5 Å². The van der Waals surface area contributed by atoms with E-state index in [1.165, 1.54) is 11.3 Å². The SMILES string of the molecule is CC(C)CCN1CCc2nc(CC(=O)c3cccc4[nH]c(NC(=O)c5cc6ccccc6cn5)nc34)sc2C1. The first-order valence-corrected chi connectivity index (χ1v) is 14.1. The lowest BCUT2D eigenvalue weighted by Crippen LogP contribution is -2.31. The summed E-state index contributed by atoms with van der Waals surface area (Å²) in [6, 6.07) is 14.9. The minimum Gasteiger partial charge on any atom is -0.324 e. The topological polar surface area (TPSA) is 104 Å². The lowest BCUT2D eigenvalue weighted by Gasteiger charge is -2.26. The molecule has 0 fully saturated rings. The number of hydrogen-bond donors (Lipinski definition) is 2. The number of thiazole rings is 1. The molecule has 4 heterocycles. The highest BCUT2D eigenvalue weighted by Crippen LogP contribution is 2.28. The van der Waals surface area contributed by atoms with Crippen LogP contribution in [-0.2, 0) is 19.4 Å². The van der Waals surface area contributed by atoms with Crippen molar-refractivity contribution in [3.8, 4) is 0 Å². The third kappa shape index (κ3) is 5.46. The number of hydrogen-bond acceptors (Lipinski definition) is 7. The maximum absolute atomic E-state index is 13.4. The highest BCUT2D eigenvalue weighted by molar-refractivity contribution is 7.11. The molecule has 6 rings (SSSR count). The molecule has 0 unspecified atom stereocenters. The number of nitrogens with zero attached hydrogens (tertiary/aromatic N) is 4. The van der Waals surface area contributed by atoms with Crippen LogP contribution in [0.5, 0.6) is 0 Å². The molecular weight excluding hydrogens is 508 g/mol. The maximum atomic E-state index is 13.4. The number of carbonyl (C=O) groups excluding carboxylic acids is 2. The highest BCUT2D eigenvalue weighted by Gasteiger charge is 2.23. The Hall–Kier alpha value is -3.95. The Labute approximate surface area is 230 Å². The minimum absolute atomic E-state index is 0.0380. The normalized spacial score (nSPS) is 13.7.